The number of fused-ring (bicyclic) bond motifs is 1. The van der Waals surface area contributed by atoms with Crippen LogP contribution in [0.15, 0.2) is 36.4 Å². The van der Waals surface area contributed by atoms with E-state index in [1.165, 1.54) is 0 Å². The van der Waals surface area contributed by atoms with E-state index in [1.54, 1.807) is 12.1 Å². The number of benzene rings is 2. The second-order valence-electron chi connectivity index (χ2n) is 7.23. The third-order valence-corrected chi connectivity index (χ3v) is 6.05. The summed E-state index contributed by atoms with van der Waals surface area (Å²) in [4.78, 5) is 12.6. The number of nitrogens with one attached hydrogen (secondary N) is 1. The number of nitrogens with zero attached hydrogens (tertiary/aromatic N) is 1. The summed E-state index contributed by atoms with van der Waals surface area (Å²) in [7, 11) is -3.62. The molecule has 0 saturated carbocycles. The Bertz CT molecular complexity index is 1020. The summed E-state index contributed by atoms with van der Waals surface area (Å²) in [6.07, 6.45) is 1.10. The lowest BCUT2D eigenvalue weighted by Crippen LogP contribution is -2.41. The number of rotatable bonds is 6. The van der Waals surface area contributed by atoms with Crippen molar-refractivity contribution in [1.29, 1.82) is 0 Å². The number of carbonyl (C=O) groups is 1. The van der Waals surface area contributed by atoms with E-state index in [4.69, 9.17) is 9.47 Å². The minimum absolute atomic E-state index is 0.295. The van der Waals surface area contributed by atoms with Crippen molar-refractivity contribution >= 4 is 21.6 Å². The summed E-state index contributed by atoms with van der Waals surface area (Å²) < 4.78 is 36.8. The van der Waals surface area contributed by atoms with Crippen LogP contribution in [0.1, 0.15) is 29.7 Å². The average molecular weight is 419 g/mol. The number of sulfonamides is 1. The highest BCUT2D eigenvalue weighted by molar-refractivity contribution is 7.92. The van der Waals surface area contributed by atoms with Crippen LogP contribution < -0.4 is 19.1 Å². The SMILES string of the molecule is Cc1ccc(N(CC(=O)NC(C)c2ccc3c(c2)OCCO3)S(C)(=O)=O)cc1C. The first kappa shape index (κ1) is 21.0. The molecule has 2 aromatic carbocycles. The van der Waals surface area contributed by atoms with Crippen molar-refractivity contribution in [2.45, 2.75) is 26.8 Å². The first-order valence-electron chi connectivity index (χ1n) is 9.39. The van der Waals surface area contributed by atoms with Crippen LogP contribution in [0.5, 0.6) is 11.5 Å². The molecule has 1 unspecified atom stereocenters. The number of hydrogen-bond acceptors (Lipinski definition) is 5. The molecular weight excluding hydrogens is 392 g/mol. The van der Waals surface area contributed by atoms with Gasteiger partial charge in [-0.1, -0.05) is 12.1 Å². The molecule has 1 aliphatic rings. The van der Waals surface area contributed by atoms with Gasteiger partial charge in [-0.05, 0) is 61.7 Å². The molecule has 0 aliphatic carbocycles. The van der Waals surface area contributed by atoms with Crippen LogP contribution >= 0.6 is 0 Å². The zero-order valence-electron chi connectivity index (χ0n) is 17.1. The normalized spacial score (nSPS) is 14.2. The van der Waals surface area contributed by atoms with Gasteiger partial charge in [0.15, 0.2) is 11.5 Å². The first-order valence-corrected chi connectivity index (χ1v) is 11.2. The second-order valence-corrected chi connectivity index (χ2v) is 9.14. The van der Waals surface area contributed by atoms with Gasteiger partial charge in [0.25, 0.3) is 0 Å². The Morgan fingerprint density at radius 3 is 2.41 bits per heavy atom. The minimum atomic E-state index is -3.62. The van der Waals surface area contributed by atoms with E-state index >= 15 is 0 Å². The Balaban J connectivity index is 1.74. The third kappa shape index (κ3) is 5.00. The van der Waals surface area contributed by atoms with Crippen LogP contribution in [0.3, 0.4) is 0 Å². The quantitative estimate of drug-likeness (QED) is 0.780. The van der Waals surface area contributed by atoms with Crippen LogP contribution in [-0.2, 0) is 14.8 Å². The highest BCUT2D eigenvalue weighted by Gasteiger charge is 2.23. The molecular formula is C21H26N2O5S. The highest BCUT2D eigenvalue weighted by Crippen LogP contribution is 2.32. The fourth-order valence-electron chi connectivity index (χ4n) is 3.11. The fraction of sp³-hybridized carbons (Fsp3) is 0.381. The maximum absolute atomic E-state index is 12.6. The zero-order chi connectivity index (χ0) is 21.2. The molecule has 0 bridgehead atoms. The van der Waals surface area contributed by atoms with Crippen LogP contribution in [0.2, 0.25) is 0 Å². The number of amides is 1. The predicted octanol–water partition coefficient (Wildman–Crippen LogP) is 2.72. The lowest BCUT2D eigenvalue weighted by molar-refractivity contribution is -0.120. The van der Waals surface area contributed by atoms with E-state index in [0.717, 1.165) is 27.3 Å². The number of ether oxygens (including phenoxy) is 2. The number of carbonyl (C=O) groups excluding carboxylic acids is 1. The van der Waals surface area contributed by atoms with Crippen molar-refractivity contribution < 1.29 is 22.7 Å². The summed E-state index contributed by atoms with van der Waals surface area (Å²) >= 11 is 0. The van der Waals surface area contributed by atoms with Crippen molar-refractivity contribution in [1.82, 2.24) is 5.32 Å². The molecule has 156 valence electrons. The van der Waals surface area contributed by atoms with Crippen LogP contribution in [0.4, 0.5) is 5.69 Å². The van der Waals surface area contributed by atoms with E-state index in [1.807, 2.05) is 45.0 Å². The Kier molecular flexibility index (Phi) is 6.02. The standard InChI is InChI=1S/C21H26N2O5S/c1-14-5-7-18(11-15(14)2)23(29(4,25)26)13-21(24)22-16(3)17-6-8-19-20(12-17)28-10-9-27-19/h5-8,11-12,16H,9-10,13H2,1-4H3,(H,22,24). The van der Waals surface area contributed by atoms with Crippen molar-refractivity contribution in [3.63, 3.8) is 0 Å². The van der Waals surface area contributed by atoms with Crippen LogP contribution in [0, 0.1) is 13.8 Å². The van der Waals surface area contributed by atoms with E-state index in [9.17, 15) is 13.2 Å². The average Bonchev–Trinajstić information content (AvgIpc) is 2.67. The smallest absolute Gasteiger partial charge is 0.241 e. The topological polar surface area (TPSA) is 84.9 Å². The van der Waals surface area contributed by atoms with E-state index in [0.29, 0.717) is 30.4 Å². The van der Waals surface area contributed by atoms with Gasteiger partial charge in [0, 0.05) is 0 Å². The summed E-state index contributed by atoms with van der Waals surface area (Å²) in [5.41, 5.74) is 3.33. The molecule has 0 radical (unpaired) electrons. The van der Waals surface area contributed by atoms with Crippen LogP contribution in [-0.4, -0.2) is 40.3 Å². The predicted molar refractivity (Wildman–Crippen MR) is 112 cm³/mol. The summed E-state index contributed by atoms with van der Waals surface area (Å²) in [6, 6.07) is 10.5. The van der Waals surface area contributed by atoms with Gasteiger partial charge >= 0.3 is 0 Å². The molecule has 1 atom stereocenters. The fourth-order valence-corrected chi connectivity index (χ4v) is 3.96. The third-order valence-electron chi connectivity index (χ3n) is 4.91. The molecule has 7 nitrogen and oxygen atoms in total. The van der Waals surface area contributed by atoms with Gasteiger partial charge in [-0.15, -0.1) is 0 Å². The van der Waals surface area contributed by atoms with Crippen molar-refractivity contribution in [3.05, 3.63) is 53.1 Å². The summed E-state index contributed by atoms with van der Waals surface area (Å²) in [5, 5.41) is 2.86. The first-order chi connectivity index (χ1) is 13.6. The van der Waals surface area contributed by atoms with Gasteiger partial charge in [-0.25, -0.2) is 8.42 Å². The molecule has 1 aliphatic heterocycles. The van der Waals surface area contributed by atoms with Gasteiger partial charge in [0.2, 0.25) is 15.9 Å². The van der Waals surface area contributed by atoms with E-state index in [-0.39, 0.29) is 12.6 Å². The largest absolute Gasteiger partial charge is 0.486 e. The molecule has 3 rings (SSSR count). The van der Waals surface area contributed by atoms with Crippen molar-refractivity contribution in [3.8, 4) is 11.5 Å². The highest BCUT2D eigenvalue weighted by atomic mass is 32.2. The number of aryl methyl sites for hydroxylation is 2. The Hall–Kier alpha value is -2.74. The lowest BCUT2D eigenvalue weighted by atomic mass is 10.1. The molecule has 1 heterocycles. The minimum Gasteiger partial charge on any atom is -0.486 e. The Morgan fingerprint density at radius 2 is 1.76 bits per heavy atom. The van der Waals surface area contributed by atoms with E-state index < -0.39 is 15.9 Å². The molecule has 29 heavy (non-hydrogen) atoms. The summed E-state index contributed by atoms with van der Waals surface area (Å²) in [5.74, 6) is 0.926. The molecule has 0 aromatic heterocycles. The monoisotopic (exact) mass is 418 g/mol. The molecule has 1 amide bonds. The molecule has 0 saturated heterocycles. The van der Waals surface area contributed by atoms with Gasteiger partial charge in [-0.2, -0.15) is 0 Å². The Morgan fingerprint density at radius 1 is 1.07 bits per heavy atom. The number of hydrogen-bond donors (Lipinski definition) is 1. The zero-order valence-corrected chi connectivity index (χ0v) is 17.9. The Labute approximate surface area is 171 Å². The van der Waals surface area contributed by atoms with E-state index in [2.05, 4.69) is 5.32 Å². The second kappa shape index (κ2) is 8.32. The van der Waals surface area contributed by atoms with Gasteiger partial charge < -0.3 is 14.8 Å². The molecule has 2 aromatic rings. The van der Waals surface area contributed by atoms with Crippen molar-refractivity contribution in [2.24, 2.45) is 0 Å². The number of anilines is 1. The molecule has 0 fully saturated rings. The lowest BCUT2D eigenvalue weighted by Gasteiger charge is -2.24. The summed E-state index contributed by atoms with van der Waals surface area (Å²) in [6.45, 7) is 6.39. The maximum Gasteiger partial charge on any atom is 0.241 e. The van der Waals surface area contributed by atoms with Gasteiger partial charge in [0.1, 0.15) is 19.8 Å². The van der Waals surface area contributed by atoms with Crippen molar-refractivity contribution in [2.75, 3.05) is 30.3 Å². The molecule has 0 spiro atoms. The maximum atomic E-state index is 12.6. The van der Waals surface area contributed by atoms with Gasteiger partial charge in [-0.3, -0.25) is 9.10 Å². The van der Waals surface area contributed by atoms with Crippen LogP contribution in [0.25, 0.3) is 0 Å². The molecule has 1 N–H and O–H groups in total. The van der Waals surface area contributed by atoms with Gasteiger partial charge in [0.05, 0.1) is 18.0 Å². The molecule has 8 heteroatoms.